The van der Waals surface area contributed by atoms with Gasteiger partial charge in [0.15, 0.2) is 0 Å². The van der Waals surface area contributed by atoms with E-state index in [4.69, 9.17) is 0 Å². The first-order valence-corrected chi connectivity index (χ1v) is 8.71. The molecule has 0 saturated carbocycles. The van der Waals surface area contributed by atoms with Crippen LogP contribution in [-0.4, -0.2) is 29.8 Å². The number of nitrogens with one attached hydrogen (secondary N) is 1. The first kappa shape index (κ1) is 17.5. The Labute approximate surface area is 139 Å². The zero-order valence-electron chi connectivity index (χ0n) is 14.3. The van der Waals surface area contributed by atoms with Gasteiger partial charge >= 0.3 is 0 Å². The quantitative estimate of drug-likeness (QED) is 0.877. The number of hydrogen-bond donors (Lipinski definition) is 1. The molecular formula is C19H28N2O2. The van der Waals surface area contributed by atoms with Gasteiger partial charge in [0.2, 0.25) is 11.8 Å². The van der Waals surface area contributed by atoms with Gasteiger partial charge in [-0.3, -0.25) is 9.59 Å². The summed E-state index contributed by atoms with van der Waals surface area (Å²) in [5.74, 6) is 0.396. The molecule has 0 aromatic heterocycles. The summed E-state index contributed by atoms with van der Waals surface area (Å²) in [5.41, 5.74) is 2.34. The van der Waals surface area contributed by atoms with Gasteiger partial charge in [0.1, 0.15) is 0 Å². The predicted molar refractivity (Wildman–Crippen MR) is 91.9 cm³/mol. The van der Waals surface area contributed by atoms with E-state index >= 15 is 0 Å². The van der Waals surface area contributed by atoms with Gasteiger partial charge in [-0.15, -0.1) is 0 Å². The highest BCUT2D eigenvalue weighted by atomic mass is 16.2. The number of benzene rings is 1. The van der Waals surface area contributed by atoms with Crippen LogP contribution >= 0.6 is 0 Å². The molecule has 0 bridgehead atoms. The number of hydrogen-bond acceptors (Lipinski definition) is 2. The third kappa shape index (κ3) is 5.38. The molecule has 23 heavy (non-hydrogen) atoms. The molecule has 0 spiro atoms. The molecule has 4 nitrogen and oxygen atoms in total. The lowest BCUT2D eigenvalue weighted by molar-refractivity contribution is -0.135. The Morgan fingerprint density at radius 3 is 2.43 bits per heavy atom. The van der Waals surface area contributed by atoms with E-state index in [9.17, 15) is 9.59 Å². The van der Waals surface area contributed by atoms with E-state index < -0.39 is 0 Å². The number of piperidine rings is 1. The van der Waals surface area contributed by atoms with Crippen molar-refractivity contribution < 1.29 is 9.59 Å². The molecule has 2 amide bonds. The van der Waals surface area contributed by atoms with Crippen LogP contribution in [0.1, 0.15) is 50.2 Å². The fraction of sp³-hybridized carbons (Fsp3) is 0.579. The van der Waals surface area contributed by atoms with Crippen molar-refractivity contribution in [1.82, 2.24) is 10.2 Å². The first-order valence-electron chi connectivity index (χ1n) is 8.71. The Morgan fingerprint density at radius 2 is 1.83 bits per heavy atom. The van der Waals surface area contributed by atoms with Crippen LogP contribution in [0.3, 0.4) is 0 Å². The Bertz CT molecular complexity index is 517. The molecule has 126 valence electrons. The van der Waals surface area contributed by atoms with E-state index in [1.165, 1.54) is 5.56 Å². The van der Waals surface area contributed by atoms with Crippen molar-refractivity contribution in [2.24, 2.45) is 5.92 Å². The first-order chi connectivity index (χ1) is 11.1. The van der Waals surface area contributed by atoms with Crippen LogP contribution in [0.15, 0.2) is 24.3 Å². The molecule has 4 heteroatoms. The summed E-state index contributed by atoms with van der Waals surface area (Å²) >= 11 is 0. The molecule has 1 aromatic rings. The second-order valence-electron chi connectivity index (χ2n) is 6.46. The number of likely N-dealkylation sites (tertiary alicyclic amines) is 1. The summed E-state index contributed by atoms with van der Waals surface area (Å²) in [6.07, 6.45) is 4.19. The van der Waals surface area contributed by atoms with E-state index in [0.29, 0.717) is 26.1 Å². The highest BCUT2D eigenvalue weighted by Gasteiger charge is 2.26. The van der Waals surface area contributed by atoms with Crippen molar-refractivity contribution in [1.29, 1.82) is 0 Å². The van der Waals surface area contributed by atoms with E-state index in [2.05, 4.69) is 31.3 Å². The number of carbonyl (C=O) groups excluding carboxylic acids is 2. The van der Waals surface area contributed by atoms with Gasteiger partial charge in [0.25, 0.3) is 0 Å². The lowest BCUT2D eigenvalue weighted by Crippen LogP contribution is -2.42. The molecule has 1 heterocycles. The van der Waals surface area contributed by atoms with Gasteiger partial charge in [-0.25, -0.2) is 0 Å². The Morgan fingerprint density at radius 1 is 1.17 bits per heavy atom. The molecule has 1 aliphatic heterocycles. The Hall–Kier alpha value is -1.84. The fourth-order valence-corrected chi connectivity index (χ4v) is 2.92. The van der Waals surface area contributed by atoms with Crippen molar-refractivity contribution in [2.45, 2.75) is 52.5 Å². The minimum absolute atomic E-state index is 0.0377. The average molecular weight is 316 g/mol. The molecule has 1 N–H and O–H groups in total. The standard InChI is InChI=1S/C19H28N2O2/c1-3-4-5-18(22)21-12-10-17(11-13-21)19(23)20-14-16-8-6-15(2)7-9-16/h6-9,17H,3-5,10-14H2,1-2H3,(H,20,23). The molecule has 1 fully saturated rings. The van der Waals surface area contributed by atoms with Crippen LogP contribution in [0.25, 0.3) is 0 Å². The number of unbranched alkanes of at least 4 members (excludes halogenated alkanes) is 1. The largest absolute Gasteiger partial charge is 0.352 e. The normalized spacial score (nSPS) is 15.5. The Balaban J connectivity index is 1.73. The molecule has 0 unspecified atom stereocenters. The average Bonchev–Trinajstić information content (AvgIpc) is 2.59. The number of nitrogens with zero attached hydrogens (tertiary/aromatic N) is 1. The van der Waals surface area contributed by atoms with E-state index in [-0.39, 0.29) is 17.7 Å². The van der Waals surface area contributed by atoms with Crippen LogP contribution in [0.2, 0.25) is 0 Å². The van der Waals surface area contributed by atoms with Gasteiger partial charge in [-0.2, -0.15) is 0 Å². The predicted octanol–water partition coefficient (Wildman–Crippen LogP) is 3.04. The lowest BCUT2D eigenvalue weighted by atomic mass is 9.95. The van der Waals surface area contributed by atoms with Gasteiger partial charge in [0, 0.05) is 32.0 Å². The van der Waals surface area contributed by atoms with Gasteiger partial charge < -0.3 is 10.2 Å². The summed E-state index contributed by atoms with van der Waals surface area (Å²) < 4.78 is 0. The number of aryl methyl sites for hydroxylation is 1. The van der Waals surface area contributed by atoms with E-state index in [0.717, 1.165) is 31.2 Å². The smallest absolute Gasteiger partial charge is 0.223 e. The maximum atomic E-state index is 12.3. The van der Waals surface area contributed by atoms with Gasteiger partial charge in [-0.05, 0) is 31.7 Å². The third-order valence-corrected chi connectivity index (χ3v) is 4.55. The number of carbonyl (C=O) groups is 2. The summed E-state index contributed by atoms with van der Waals surface area (Å²) in [7, 11) is 0. The van der Waals surface area contributed by atoms with Gasteiger partial charge in [0.05, 0.1) is 0 Å². The Kier molecular flexibility index (Phi) is 6.63. The summed E-state index contributed by atoms with van der Waals surface area (Å²) in [5, 5.41) is 3.02. The topological polar surface area (TPSA) is 49.4 Å². The molecule has 0 radical (unpaired) electrons. The zero-order chi connectivity index (χ0) is 16.7. The second-order valence-corrected chi connectivity index (χ2v) is 6.46. The maximum absolute atomic E-state index is 12.3. The number of rotatable bonds is 6. The molecule has 1 saturated heterocycles. The minimum atomic E-state index is 0.0377. The van der Waals surface area contributed by atoms with Crippen molar-refractivity contribution in [3.8, 4) is 0 Å². The SMILES string of the molecule is CCCCC(=O)N1CCC(C(=O)NCc2ccc(C)cc2)CC1. The molecule has 0 aliphatic carbocycles. The highest BCUT2D eigenvalue weighted by Crippen LogP contribution is 2.18. The van der Waals surface area contributed by atoms with Crippen LogP contribution in [0.4, 0.5) is 0 Å². The zero-order valence-corrected chi connectivity index (χ0v) is 14.3. The fourth-order valence-electron chi connectivity index (χ4n) is 2.92. The van der Waals surface area contributed by atoms with Crippen molar-refractivity contribution in [3.63, 3.8) is 0 Å². The summed E-state index contributed by atoms with van der Waals surface area (Å²) in [6, 6.07) is 8.21. The van der Waals surface area contributed by atoms with Crippen molar-refractivity contribution >= 4 is 11.8 Å². The molecule has 0 atom stereocenters. The number of amides is 2. The summed E-state index contributed by atoms with van der Waals surface area (Å²) in [6.45, 7) is 6.15. The van der Waals surface area contributed by atoms with Crippen LogP contribution in [0, 0.1) is 12.8 Å². The van der Waals surface area contributed by atoms with Crippen molar-refractivity contribution in [2.75, 3.05) is 13.1 Å². The molecule has 2 rings (SSSR count). The molecule has 1 aliphatic rings. The monoisotopic (exact) mass is 316 g/mol. The van der Waals surface area contributed by atoms with Crippen molar-refractivity contribution in [3.05, 3.63) is 35.4 Å². The van der Waals surface area contributed by atoms with Gasteiger partial charge in [-0.1, -0.05) is 43.2 Å². The highest BCUT2D eigenvalue weighted by molar-refractivity contribution is 5.80. The summed E-state index contributed by atoms with van der Waals surface area (Å²) in [4.78, 5) is 26.2. The van der Waals surface area contributed by atoms with Crippen LogP contribution in [-0.2, 0) is 16.1 Å². The third-order valence-electron chi connectivity index (χ3n) is 4.55. The minimum Gasteiger partial charge on any atom is -0.352 e. The van der Waals surface area contributed by atoms with E-state index in [1.807, 2.05) is 17.0 Å². The lowest BCUT2D eigenvalue weighted by Gasteiger charge is -2.31. The molecule has 1 aromatic carbocycles. The van der Waals surface area contributed by atoms with E-state index in [1.54, 1.807) is 0 Å². The maximum Gasteiger partial charge on any atom is 0.223 e. The van der Waals surface area contributed by atoms with Crippen LogP contribution < -0.4 is 5.32 Å². The molecular weight excluding hydrogens is 288 g/mol. The second kappa shape index (κ2) is 8.70. The van der Waals surface area contributed by atoms with Crippen LogP contribution in [0.5, 0.6) is 0 Å².